The van der Waals surface area contributed by atoms with Crippen molar-refractivity contribution in [1.29, 1.82) is 0 Å². The highest BCUT2D eigenvalue weighted by molar-refractivity contribution is 7.99. The van der Waals surface area contributed by atoms with Gasteiger partial charge in [0.15, 0.2) is 0 Å². The number of hydrogen-bond donors (Lipinski definition) is 2. The highest BCUT2D eigenvalue weighted by Gasteiger charge is 2.17. The molecule has 0 fully saturated rings. The Hall–Kier alpha value is -0.510. The largest absolute Gasteiger partial charge is 0.389 e. The number of rotatable bonds is 5. The molecule has 0 spiro atoms. The van der Waals surface area contributed by atoms with Gasteiger partial charge in [-0.25, -0.2) is 0 Å². The van der Waals surface area contributed by atoms with Crippen LogP contribution in [0, 0.1) is 6.92 Å². The third kappa shape index (κ3) is 4.24. The van der Waals surface area contributed by atoms with Crippen LogP contribution in [0.1, 0.15) is 18.9 Å². The van der Waals surface area contributed by atoms with Crippen molar-refractivity contribution in [3.63, 3.8) is 0 Å². The first-order valence-corrected chi connectivity index (χ1v) is 6.14. The van der Waals surface area contributed by atoms with Gasteiger partial charge in [-0.2, -0.15) is 0 Å². The summed E-state index contributed by atoms with van der Waals surface area (Å²) in [6, 6.07) is 8.28. The van der Waals surface area contributed by atoms with Gasteiger partial charge in [-0.1, -0.05) is 18.2 Å². The van der Waals surface area contributed by atoms with Gasteiger partial charge in [-0.3, -0.25) is 0 Å². The Morgan fingerprint density at radius 3 is 2.67 bits per heavy atom. The Kier molecular flexibility index (Phi) is 4.64. The second kappa shape index (κ2) is 5.54. The summed E-state index contributed by atoms with van der Waals surface area (Å²) < 4.78 is 0. The number of aliphatic hydroxyl groups is 1. The Morgan fingerprint density at radius 2 is 2.07 bits per heavy atom. The van der Waals surface area contributed by atoms with E-state index in [9.17, 15) is 5.11 Å². The van der Waals surface area contributed by atoms with Crippen molar-refractivity contribution in [2.45, 2.75) is 30.8 Å². The van der Waals surface area contributed by atoms with Crippen LogP contribution in [-0.4, -0.2) is 23.0 Å². The summed E-state index contributed by atoms with van der Waals surface area (Å²) in [5, 5.41) is 9.73. The molecule has 2 nitrogen and oxygen atoms in total. The maximum absolute atomic E-state index is 9.73. The average Bonchev–Trinajstić information content (AvgIpc) is 2.21. The topological polar surface area (TPSA) is 46.2 Å². The Bertz CT molecular complexity index is 312. The van der Waals surface area contributed by atoms with Crippen LogP contribution in [-0.2, 0) is 0 Å². The number of nitrogens with two attached hydrogens (primary N) is 1. The van der Waals surface area contributed by atoms with E-state index >= 15 is 0 Å². The lowest BCUT2D eigenvalue weighted by Crippen LogP contribution is -2.34. The van der Waals surface area contributed by atoms with Gasteiger partial charge < -0.3 is 10.8 Å². The third-order valence-electron chi connectivity index (χ3n) is 2.43. The predicted molar refractivity (Wildman–Crippen MR) is 66.2 cm³/mol. The number of aryl methyl sites for hydroxylation is 1. The zero-order chi connectivity index (χ0) is 11.3. The van der Waals surface area contributed by atoms with E-state index < -0.39 is 5.60 Å². The molecule has 0 aromatic heterocycles. The predicted octanol–water partition coefficient (Wildman–Crippen LogP) is 2.19. The SMILES string of the molecule is Cc1ccccc1SCCC(C)(O)CN. The third-order valence-corrected chi connectivity index (χ3v) is 3.61. The van der Waals surface area contributed by atoms with Gasteiger partial charge in [0.2, 0.25) is 0 Å². The minimum absolute atomic E-state index is 0.321. The van der Waals surface area contributed by atoms with Crippen LogP contribution in [0.15, 0.2) is 29.2 Å². The molecule has 0 aliphatic rings. The first-order valence-electron chi connectivity index (χ1n) is 5.16. The van der Waals surface area contributed by atoms with Gasteiger partial charge in [0, 0.05) is 17.2 Å². The average molecular weight is 225 g/mol. The van der Waals surface area contributed by atoms with Gasteiger partial charge in [0.1, 0.15) is 0 Å². The highest BCUT2D eigenvalue weighted by atomic mass is 32.2. The zero-order valence-corrected chi connectivity index (χ0v) is 10.2. The van der Waals surface area contributed by atoms with Crippen LogP contribution < -0.4 is 5.73 Å². The molecule has 3 heteroatoms. The Morgan fingerprint density at radius 1 is 1.40 bits per heavy atom. The van der Waals surface area contributed by atoms with Gasteiger partial charge in [0.25, 0.3) is 0 Å². The van der Waals surface area contributed by atoms with Crippen LogP contribution >= 0.6 is 11.8 Å². The first-order chi connectivity index (χ1) is 7.05. The van der Waals surface area contributed by atoms with Crippen molar-refractivity contribution in [2.75, 3.05) is 12.3 Å². The summed E-state index contributed by atoms with van der Waals surface area (Å²) in [6.07, 6.45) is 0.725. The fraction of sp³-hybridized carbons (Fsp3) is 0.500. The van der Waals surface area contributed by atoms with E-state index in [-0.39, 0.29) is 0 Å². The van der Waals surface area contributed by atoms with Crippen molar-refractivity contribution in [3.05, 3.63) is 29.8 Å². The molecule has 0 radical (unpaired) electrons. The molecular weight excluding hydrogens is 206 g/mol. The van der Waals surface area contributed by atoms with E-state index in [2.05, 4.69) is 19.1 Å². The summed E-state index contributed by atoms with van der Waals surface area (Å²) in [7, 11) is 0. The fourth-order valence-electron chi connectivity index (χ4n) is 1.20. The van der Waals surface area contributed by atoms with E-state index in [0.717, 1.165) is 12.2 Å². The molecule has 1 atom stereocenters. The molecule has 0 saturated heterocycles. The van der Waals surface area contributed by atoms with Crippen LogP contribution in [0.5, 0.6) is 0 Å². The van der Waals surface area contributed by atoms with Crippen LogP contribution in [0.2, 0.25) is 0 Å². The molecule has 1 aromatic rings. The summed E-state index contributed by atoms with van der Waals surface area (Å²) in [5.41, 5.74) is 6.02. The van der Waals surface area contributed by atoms with Gasteiger partial charge in [-0.05, 0) is 31.9 Å². The highest BCUT2D eigenvalue weighted by Crippen LogP contribution is 2.24. The second-order valence-electron chi connectivity index (χ2n) is 4.07. The van der Waals surface area contributed by atoms with E-state index in [0.29, 0.717) is 6.54 Å². The van der Waals surface area contributed by atoms with Crippen molar-refractivity contribution < 1.29 is 5.11 Å². The standard InChI is InChI=1S/C12H19NOS/c1-10-5-3-4-6-11(10)15-8-7-12(2,14)9-13/h3-6,14H,7-9,13H2,1-2H3. The van der Waals surface area contributed by atoms with Crippen molar-refractivity contribution in [3.8, 4) is 0 Å². The van der Waals surface area contributed by atoms with Crippen LogP contribution in [0.3, 0.4) is 0 Å². The molecule has 15 heavy (non-hydrogen) atoms. The van der Waals surface area contributed by atoms with E-state index in [4.69, 9.17) is 5.73 Å². The second-order valence-corrected chi connectivity index (χ2v) is 5.20. The monoisotopic (exact) mass is 225 g/mol. The minimum Gasteiger partial charge on any atom is -0.389 e. The molecule has 0 aliphatic heterocycles. The number of hydrogen-bond acceptors (Lipinski definition) is 3. The number of thioether (sulfide) groups is 1. The van der Waals surface area contributed by atoms with Crippen molar-refractivity contribution >= 4 is 11.8 Å². The Labute approximate surface area is 95.9 Å². The van der Waals surface area contributed by atoms with E-state index in [1.54, 1.807) is 18.7 Å². The molecule has 0 saturated carbocycles. The molecule has 0 amide bonds. The quantitative estimate of drug-likeness (QED) is 0.755. The van der Waals surface area contributed by atoms with Gasteiger partial charge in [0.05, 0.1) is 5.60 Å². The molecule has 3 N–H and O–H groups in total. The molecule has 1 unspecified atom stereocenters. The van der Waals surface area contributed by atoms with Gasteiger partial charge >= 0.3 is 0 Å². The lowest BCUT2D eigenvalue weighted by molar-refractivity contribution is 0.0665. The van der Waals surface area contributed by atoms with Crippen LogP contribution in [0.25, 0.3) is 0 Å². The molecule has 84 valence electrons. The minimum atomic E-state index is -0.727. The van der Waals surface area contributed by atoms with Gasteiger partial charge in [-0.15, -0.1) is 11.8 Å². The van der Waals surface area contributed by atoms with Crippen molar-refractivity contribution in [1.82, 2.24) is 0 Å². The smallest absolute Gasteiger partial charge is 0.0749 e. The Balaban J connectivity index is 2.42. The van der Waals surface area contributed by atoms with Crippen LogP contribution in [0.4, 0.5) is 0 Å². The molecule has 0 aliphatic carbocycles. The number of benzene rings is 1. The molecule has 0 bridgehead atoms. The summed E-state index contributed by atoms with van der Waals surface area (Å²) >= 11 is 1.77. The summed E-state index contributed by atoms with van der Waals surface area (Å²) in [5.74, 6) is 0.898. The lowest BCUT2D eigenvalue weighted by Gasteiger charge is -2.20. The first kappa shape index (κ1) is 12.6. The normalized spacial score (nSPS) is 14.9. The molecular formula is C12H19NOS. The maximum Gasteiger partial charge on any atom is 0.0749 e. The zero-order valence-electron chi connectivity index (χ0n) is 9.36. The molecule has 1 aromatic carbocycles. The van der Waals surface area contributed by atoms with Crippen molar-refractivity contribution in [2.24, 2.45) is 5.73 Å². The summed E-state index contributed by atoms with van der Waals surface area (Å²) in [6.45, 7) is 4.20. The van der Waals surface area contributed by atoms with E-state index in [1.165, 1.54) is 10.5 Å². The lowest BCUT2D eigenvalue weighted by atomic mass is 10.1. The maximum atomic E-state index is 9.73. The van der Waals surface area contributed by atoms with E-state index in [1.807, 2.05) is 12.1 Å². The summed E-state index contributed by atoms with van der Waals surface area (Å²) in [4.78, 5) is 1.28. The molecule has 1 rings (SSSR count). The fourth-order valence-corrected chi connectivity index (χ4v) is 2.43. The molecule has 0 heterocycles.